The lowest BCUT2D eigenvalue weighted by molar-refractivity contribution is 0.669. The molecule has 654 valence electrons. The second-order valence-corrected chi connectivity index (χ2v) is 35.0. The van der Waals surface area contributed by atoms with E-state index < -0.39 is 155 Å². The van der Waals surface area contributed by atoms with Crippen molar-refractivity contribution in [2.24, 2.45) is 0 Å². The van der Waals surface area contributed by atoms with Crippen molar-refractivity contribution in [2.45, 2.75) is 0 Å². The molecule has 3 aromatic heterocycles. The van der Waals surface area contributed by atoms with Gasteiger partial charge in [-0.1, -0.05) is 430 Å². The molecule has 30 aromatic rings. The highest BCUT2D eigenvalue weighted by molar-refractivity contribution is 6.29. The summed E-state index contributed by atoms with van der Waals surface area (Å²) in [4.78, 5) is 0. The second kappa shape index (κ2) is 33.2. The van der Waals surface area contributed by atoms with Gasteiger partial charge in [-0.05, 0) is 308 Å². The van der Waals surface area contributed by atoms with Crippen molar-refractivity contribution in [3.8, 4) is 100 Å². The van der Waals surface area contributed by atoms with Crippen LogP contribution in [0.1, 0.15) is 42.5 Å². The monoisotopic (exact) mass is 1820 g/mol. The lowest BCUT2D eigenvalue weighted by Gasteiger charge is -2.19. The number of hydrogen-bond donors (Lipinski definition) is 0. The van der Waals surface area contributed by atoms with Crippen molar-refractivity contribution in [1.29, 1.82) is 0 Å². The molecule has 0 aliphatic heterocycles. The number of furan rings is 3. The Morgan fingerprint density at radius 1 is 0.128 bits per heavy atom. The molecule has 3 nitrogen and oxygen atoms in total. The molecule has 0 N–H and O–H groups in total. The van der Waals surface area contributed by atoms with Gasteiger partial charge < -0.3 is 13.3 Å². The first kappa shape index (κ1) is 55.5. The van der Waals surface area contributed by atoms with Gasteiger partial charge in [-0.2, -0.15) is 0 Å². The summed E-state index contributed by atoms with van der Waals surface area (Å²) < 4.78 is 298. The van der Waals surface area contributed by atoms with Gasteiger partial charge in [0.05, 0.1) is 42.5 Å². The predicted molar refractivity (Wildman–Crippen MR) is 600 cm³/mol. The largest absolute Gasteiger partial charge is 0.456 e. The first-order chi connectivity index (χ1) is 82.8. The van der Waals surface area contributed by atoms with Crippen LogP contribution in [-0.4, -0.2) is 0 Å². The minimum Gasteiger partial charge on any atom is -0.456 e. The maximum absolute atomic E-state index is 9.39. The van der Waals surface area contributed by atoms with E-state index >= 15 is 0 Å². The third kappa shape index (κ3) is 13.5. The van der Waals surface area contributed by atoms with Gasteiger partial charge in [-0.15, -0.1) is 0 Å². The molecule has 27 aromatic carbocycles. The van der Waals surface area contributed by atoms with Crippen molar-refractivity contribution in [3.05, 3.63) is 509 Å². The highest BCUT2D eigenvalue weighted by Gasteiger charge is 2.25. The van der Waals surface area contributed by atoms with Crippen LogP contribution in [0.25, 0.3) is 295 Å². The maximum atomic E-state index is 9.39. The van der Waals surface area contributed by atoms with Gasteiger partial charge in [0, 0.05) is 32.3 Å². The molecule has 3 heterocycles. The molecule has 0 aliphatic carbocycles. The molecule has 0 saturated heterocycles. The first-order valence-corrected chi connectivity index (χ1v) is 46.0. The molecule has 141 heavy (non-hydrogen) atoms. The molecule has 0 spiro atoms. The summed E-state index contributed by atoms with van der Waals surface area (Å²) >= 11 is 0. The topological polar surface area (TPSA) is 39.4 Å². The van der Waals surface area contributed by atoms with E-state index in [0.29, 0.717) is 78.0 Å². The fraction of sp³-hybridized carbons (Fsp3) is 0. The molecular formula is C138H84O3. The van der Waals surface area contributed by atoms with Gasteiger partial charge in [0.15, 0.2) is 0 Å². The first-order valence-electron chi connectivity index (χ1n) is 61.5. The molecule has 0 atom stereocenters. The number of benzene rings is 27. The van der Waals surface area contributed by atoms with Gasteiger partial charge >= 0.3 is 0 Å². The zero-order chi connectivity index (χ0) is 120. The van der Waals surface area contributed by atoms with Crippen molar-refractivity contribution >= 4 is 195 Å². The molecule has 0 fully saturated rings. The molecule has 3 heteroatoms. The van der Waals surface area contributed by atoms with Crippen molar-refractivity contribution in [3.63, 3.8) is 0 Å². The van der Waals surface area contributed by atoms with Crippen molar-refractivity contribution in [2.75, 3.05) is 0 Å². The van der Waals surface area contributed by atoms with Gasteiger partial charge in [0.25, 0.3) is 0 Å². The Bertz CT molecular complexity index is 12200. The summed E-state index contributed by atoms with van der Waals surface area (Å²) in [7, 11) is 0. The van der Waals surface area contributed by atoms with E-state index in [-0.39, 0.29) is 124 Å². The normalized spacial score (nSPS) is 14.9. The number of hydrogen-bond acceptors (Lipinski definition) is 3. The summed E-state index contributed by atoms with van der Waals surface area (Å²) in [5, 5.41) is 15.7. The SMILES string of the molecule is [2H]c1c([2H])c([2H])c2c(-c3c4c([2H])c([2H])c([2H])c([2H])c4c(-c4cccc(-c5ccc6c(c5)oc5ccc7ccccc7c56)c4)c4c([2H])c([2H])c([2H])c([2H])c34)c([2H])c([2H])c([2H])c2c1[2H].[2H]c1c([2H])c([2H])c2c(-c3ccc4ccccc4c3)c3c([2H])c([2H])c([2H])c([2H])c3c(-c3cccc(-c4ccc5c(c4)oc4ccc6ccccc6c45)c3)c2c1[2H].[2H]c1c([2H])c([2H])c2c(-c3cccc4ccccc34)c3c([2H])c([2H])c([2H])c([2H])c3c(-c3cccc(-c4ccc5c(c4)oc4ccc6ccccc6c45)c3)c2c1[2H]. The van der Waals surface area contributed by atoms with Crippen molar-refractivity contribution < 1.29 is 55.7 Å². The van der Waals surface area contributed by atoms with Crippen LogP contribution in [-0.2, 0) is 0 Å². The Kier molecular flexibility index (Phi) is 13.1. The molecule has 0 bridgehead atoms. The van der Waals surface area contributed by atoms with Crippen LogP contribution >= 0.6 is 0 Å². The predicted octanol–water partition coefficient (Wildman–Crippen LogP) is 39.6. The minimum absolute atomic E-state index is 0.0248. The zero-order valence-electron chi connectivity index (χ0n) is 105. The number of fused-ring (bicyclic) bond motifs is 24. The highest BCUT2D eigenvalue weighted by atomic mass is 16.3. The Hall–Kier alpha value is -18.5. The van der Waals surface area contributed by atoms with Gasteiger partial charge in [-0.3, -0.25) is 0 Å². The lowest BCUT2D eigenvalue weighted by atomic mass is 9.84. The molecule has 0 amide bonds. The highest BCUT2D eigenvalue weighted by Crippen LogP contribution is 2.52. The number of rotatable bonds is 9. The fourth-order valence-electron chi connectivity index (χ4n) is 21.1. The van der Waals surface area contributed by atoms with Crippen LogP contribution in [0, 0.1) is 0 Å². The molecular weight excluding hydrogens is 1710 g/mol. The Labute approximate surface area is 855 Å². The lowest BCUT2D eigenvalue weighted by Crippen LogP contribution is -1.92. The van der Waals surface area contributed by atoms with Gasteiger partial charge in [-0.25, -0.2) is 0 Å². The van der Waals surface area contributed by atoms with E-state index in [9.17, 15) is 17.8 Å². The van der Waals surface area contributed by atoms with Crippen LogP contribution in [0.2, 0.25) is 0 Å². The molecule has 30 rings (SSSR count). The van der Waals surface area contributed by atoms with Crippen LogP contribution in [0.4, 0.5) is 0 Å². The molecule has 0 unspecified atom stereocenters. The quantitative estimate of drug-likeness (QED) is 0.135. The molecule has 0 aliphatic rings. The molecule has 0 radical (unpaired) electrons. The third-order valence-corrected chi connectivity index (χ3v) is 27.3. The Morgan fingerprint density at radius 2 is 0.390 bits per heavy atom. The second-order valence-electron chi connectivity index (χ2n) is 35.0. The smallest absolute Gasteiger partial charge is 0.136 e. The molecule has 0 saturated carbocycles. The summed E-state index contributed by atoms with van der Waals surface area (Å²) in [6.45, 7) is 0. The van der Waals surface area contributed by atoms with Crippen LogP contribution < -0.4 is 0 Å². The van der Waals surface area contributed by atoms with Crippen molar-refractivity contribution in [1.82, 2.24) is 0 Å². The third-order valence-electron chi connectivity index (χ3n) is 27.3. The van der Waals surface area contributed by atoms with E-state index in [1.807, 2.05) is 279 Å². The minimum atomic E-state index is -0.758. The standard InChI is InChI=1S/3C46H28O/c2*1-3-16-34-29(11-1)13-10-22-36(34)45-39-20-7-5-18-37(39)44(38-19-6-8-21-40(38)45)33-15-9-14-31(27-33)32-23-25-41-43(28-32)47-42-26-24-30-12-2-4-17-35(30)46(41)42;1-2-12-31-26-35(21-20-29(31)10-1)45-39-18-7-5-16-37(39)44(38-17-6-8-19-40(38)45)34-14-9-13-32(27-34)33-22-24-41-43(28-33)47-42-25-23-30-11-3-4-15-36(30)46(41)42/h3*1-28H/i1D,3D,5D,6D,7D,8D,10D,11D,13D,16D,18D,19D,20D,21D,22D;5D,6D,7D,8D,18D,19D,20D,21D;5D,6D,7D,8D,16D,17D,18D,19D. The van der Waals surface area contributed by atoms with Crippen LogP contribution in [0.15, 0.2) is 522 Å². The Morgan fingerprint density at radius 3 is 0.773 bits per heavy atom. The fourth-order valence-corrected chi connectivity index (χ4v) is 21.1. The average Bonchev–Trinajstić information content (AvgIpc) is 0.987. The van der Waals surface area contributed by atoms with E-state index in [0.717, 1.165) is 125 Å². The van der Waals surface area contributed by atoms with E-state index in [1.165, 1.54) is 0 Å². The summed E-state index contributed by atoms with van der Waals surface area (Å²) in [5.74, 6) is 0. The van der Waals surface area contributed by atoms with E-state index in [1.54, 1.807) is 18.2 Å². The zero-order valence-corrected chi connectivity index (χ0v) is 74.3. The summed E-state index contributed by atoms with van der Waals surface area (Å²) in [6.07, 6.45) is 0. The van der Waals surface area contributed by atoms with Crippen LogP contribution in [0.5, 0.6) is 0 Å². The van der Waals surface area contributed by atoms with E-state index in [4.69, 9.17) is 37.9 Å². The van der Waals surface area contributed by atoms with Gasteiger partial charge in [0.1, 0.15) is 33.5 Å². The van der Waals surface area contributed by atoms with E-state index in [2.05, 4.69) is 24.3 Å². The van der Waals surface area contributed by atoms with Crippen LogP contribution in [0.3, 0.4) is 0 Å². The van der Waals surface area contributed by atoms with Gasteiger partial charge in [0.2, 0.25) is 0 Å². The maximum Gasteiger partial charge on any atom is 0.136 e. The average molecular weight is 1820 g/mol. The summed E-state index contributed by atoms with van der Waals surface area (Å²) in [6, 6.07) is 87.1. The summed E-state index contributed by atoms with van der Waals surface area (Å²) in [5.41, 5.74) is 12.1. The Balaban J connectivity index is 0.000000119.